The van der Waals surface area contributed by atoms with Gasteiger partial charge < -0.3 is 21.1 Å². The molecule has 4 rings (SSSR count). The summed E-state index contributed by atoms with van der Waals surface area (Å²) in [6.45, 7) is 6.71. The van der Waals surface area contributed by atoms with Crippen molar-refractivity contribution in [2.75, 3.05) is 17.2 Å². The molecule has 0 saturated heterocycles. The second-order valence-corrected chi connectivity index (χ2v) is 9.09. The molecule has 1 fully saturated rings. The van der Waals surface area contributed by atoms with Crippen LogP contribution in [0.3, 0.4) is 0 Å². The van der Waals surface area contributed by atoms with Crippen molar-refractivity contribution in [3.8, 4) is 5.75 Å². The summed E-state index contributed by atoms with van der Waals surface area (Å²) in [4.78, 5) is 17.8. The standard InChI is InChI=1S/C26H36N6O2/c1-4-6-7-23(33)22-16-28-32-25(30-20-12-14-21(15-13-20)34-5-2)17(3)24(31-26(22)32)29-19-10-8-18(27)9-11-19/h12-16,18-19,30H,4-11,27H2,1-3H3,(H,29,31)/t18-,19-. The first kappa shape index (κ1) is 24.0. The number of aromatic nitrogens is 3. The zero-order valence-corrected chi connectivity index (χ0v) is 20.4. The van der Waals surface area contributed by atoms with Crippen molar-refractivity contribution in [1.82, 2.24) is 14.6 Å². The number of benzene rings is 1. The molecule has 0 spiro atoms. The van der Waals surface area contributed by atoms with Crippen LogP contribution in [0.5, 0.6) is 5.75 Å². The van der Waals surface area contributed by atoms with Crippen molar-refractivity contribution in [2.24, 2.45) is 5.73 Å². The van der Waals surface area contributed by atoms with Crippen LogP contribution in [0.4, 0.5) is 17.3 Å². The van der Waals surface area contributed by atoms with Crippen molar-refractivity contribution < 1.29 is 9.53 Å². The second-order valence-electron chi connectivity index (χ2n) is 9.09. The number of carbonyl (C=O) groups excluding carboxylic acids is 1. The quantitative estimate of drug-likeness (QED) is 0.353. The highest BCUT2D eigenvalue weighted by molar-refractivity contribution is 6.01. The van der Waals surface area contributed by atoms with Crippen LogP contribution in [0.2, 0.25) is 0 Å². The number of unbranched alkanes of at least 4 members (excludes halogenated alkanes) is 1. The number of hydrogen-bond acceptors (Lipinski definition) is 7. The molecule has 0 unspecified atom stereocenters. The minimum absolute atomic E-state index is 0.0785. The molecular weight excluding hydrogens is 428 g/mol. The van der Waals surface area contributed by atoms with Gasteiger partial charge in [0.05, 0.1) is 18.4 Å². The Kier molecular flexibility index (Phi) is 7.67. The lowest BCUT2D eigenvalue weighted by atomic mass is 9.92. The summed E-state index contributed by atoms with van der Waals surface area (Å²) >= 11 is 0. The van der Waals surface area contributed by atoms with Crippen molar-refractivity contribution in [3.05, 3.63) is 41.6 Å². The van der Waals surface area contributed by atoms with Gasteiger partial charge in [-0.2, -0.15) is 9.61 Å². The van der Waals surface area contributed by atoms with Crippen LogP contribution < -0.4 is 21.1 Å². The molecule has 2 heterocycles. The SMILES string of the molecule is CCCCC(=O)c1cnn2c(Nc3ccc(OCC)cc3)c(C)c(N[C@H]3CC[C@H](N)CC3)nc12. The van der Waals surface area contributed by atoms with Gasteiger partial charge in [0.15, 0.2) is 11.4 Å². The maximum atomic E-state index is 12.9. The molecular formula is C26H36N6O2. The molecule has 0 atom stereocenters. The molecule has 1 aliphatic carbocycles. The summed E-state index contributed by atoms with van der Waals surface area (Å²) in [7, 11) is 0. The fraction of sp³-hybridized carbons (Fsp3) is 0.500. The number of Topliss-reactive ketones (excluding diaryl/α,β-unsaturated/α-hetero) is 1. The van der Waals surface area contributed by atoms with Gasteiger partial charge in [0.1, 0.15) is 17.4 Å². The first-order valence-electron chi connectivity index (χ1n) is 12.4. The molecule has 1 aromatic carbocycles. The Bertz CT molecular complexity index is 1120. The van der Waals surface area contributed by atoms with Crippen LogP contribution in [-0.4, -0.2) is 39.1 Å². The number of fused-ring (bicyclic) bond motifs is 1. The summed E-state index contributed by atoms with van der Waals surface area (Å²) in [6, 6.07) is 8.42. The Morgan fingerprint density at radius 2 is 1.91 bits per heavy atom. The van der Waals surface area contributed by atoms with E-state index in [4.69, 9.17) is 15.5 Å². The van der Waals surface area contributed by atoms with E-state index < -0.39 is 0 Å². The first-order chi connectivity index (χ1) is 16.5. The third-order valence-corrected chi connectivity index (χ3v) is 6.48. The predicted molar refractivity (Wildman–Crippen MR) is 136 cm³/mol. The van der Waals surface area contributed by atoms with Gasteiger partial charge in [0.25, 0.3) is 0 Å². The monoisotopic (exact) mass is 464 g/mol. The third-order valence-electron chi connectivity index (χ3n) is 6.48. The normalized spacial score (nSPS) is 18.1. The van der Waals surface area contributed by atoms with E-state index in [0.29, 0.717) is 30.3 Å². The molecule has 0 amide bonds. The largest absolute Gasteiger partial charge is 0.494 e. The lowest BCUT2D eigenvalue weighted by Gasteiger charge is -2.28. The fourth-order valence-corrected chi connectivity index (χ4v) is 4.42. The summed E-state index contributed by atoms with van der Waals surface area (Å²) < 4.78 is 7.31. The number of nitrogens with zero attached hydrogens (tertiary/aromatic N) is 3. The number of rotatable bonds is 10. The average Bonchev–Trinajstić information content (AvgIpc) is 3.26. The summed E-state index contributed by atoms with van der Waals surface area (Å²) in [5, 5.41) is 11.7. The highest BCUT2D eigenvalue weighted by atomic mass is 16.5. The molecule has 2 aromatic heterocycles. The Morgan fingerprint density at radius 3 is 2.59 bits per heavy atom. The van der Waals surface area contributed by atoms with Crippen LogP contribution in [0.15, 0.2) is 30.5 Å². The zero-order valence-electron chi connectivity index (χ0n) is 20.4. The lowest BCUT2D eigenvalue weighted by Crippen LogP contribution is -2.33. The summed E-state index contributed by atoms with van der Waals surface area (Å²) in [6.07, 6.45) is 8.00. The van der Waals surface area contributed by atoms with Crippen LogP contribution in [0.25, 0.3) is 5.65 Å². The molecule has 3 aromatic rings. The zero-order chi connectivity index (χ0) is 24.1. The maximum Gasteiger partial charge on any atom is 0.170 e. The smallest absolute Gasteiger partial charge is 0.170 e. The topological polar surface area (TPSA) is 107 Å². The number of hydrogen-bond donors (Lipinski definition) is 3. The van der Waals surface area contributed by atoms with Crippen molar-refractivity contribution >= 4 is 28.8 Å². The maximum absolute atomic E-state index is 12.9. The number of ether oxygens (including phenoxy) is 1. The number of anilines is 3. The summed E-state index contributed by atoms with van der Waals surface area (Å²) in [5.41, 5.74) is 9.10. The molecule has 4 N–H and O–H groups in total. The number of ketones is 1. The molecule has 182 valence electrons. The van der Waals surface area contributed by atoms with Crippen LogP contribution >= 0.6 is 0 Å². The minimum Gasteiger partial charge on any atom is -0.494 e. The van der Waals surface area contributed by atoms with Gasteiger partial charge in [-0.05, 0) is 70.2 Å². The van der Waals surface area contributed by atoms with Crippen LogP contribution in [0.1, 0.15) is 74.7 Å². The molecule has 0 bridgehead atoms. The van der Waals surface area contributed by atoms with Gasteiger partial charge in [0.2, 0.25) is 0 Å². The van der Waals surface area contributed by atoms with E-state index in [1.54, 1.807) is 10.7 Å². The number of nitrogens with one attached hydrogen (secondary N) is 2. The second kappa shape index (κ2) is 10.9. The average molecular weight is 465 g/mol. The molecule has 0 aliphatic heterocycles. The Balaban J connectivity index is 1.71. The molecule has 8 heteroatoms. The molecule has 1 saturated carbocycles. The number of nitrogens with two attached hydrogens (primary N) is 1. The Labute approximate surface area is 201 Å². The van der Waals surface area contributed by atoms with Gasteiger partial charge in [-0.25, -0.2) is 4.98 Å². The van der Waals surface area contributed by atoms with Gasteiger partial charge in [0, 0.05) is 29.8 Å². The van der Waals surface area contributed by atoms with Gasteiger partial charge in [-0.1, -0.05) is 13.3 Å². The fourth-order valence-electron chi connectivity index (χ4n) is 4.42. The van der Waals surface area contributed by atoms with E-state index in [2.05, 4.69) is 22.7 Å². The van der Waals surface area contributed by atoms with Gasteiger partial charge in [-0.15, -0.1) is 0 Å². The van der Waals surface area contributed by atoms with Crippen LogP contribution in [-0.2, 0) is 0 Å². The highest BCUT2D eigenvalue weighted by Gasteiger charge is 2.23. The van der Waals surface area contributed by atoms with E-state index in [-0.39, 0.29) is 11.8 Å². The highest BCUT2D eigenvalue weighted by Crippen LogP contribution is 2.31. The van der Waals surface area contributed by atoms with E-state index in [0.717, 1.165) is 67.2 Å². The third kappa shape index (κ3) is 5.33. The molecule has 1 aliphatic rings. The van der Waals surface area contributed by atoms with Gasteiger partial charge >= 0.3 is 0 Å². The molecule has 0 radical (unpaired) electrons. The molecule has 34 heavy (non-hydrogen) atoms. The number of carbonyl (C=O) groups is 1. The van der Waals surface area contributed by atoms with Crippen molar-refractivity contribution in [2.45, 2.75) is 77.8 Å². The van der Waals surface area contributed by atoms with E-state index in [1.807, 2.05) is 38.1 Å². The molecule has 8 nitrogen and oxygen atoms in total. The minimum atomic E-state index is 0.0785. The van der Waals surface area contributed by atoms with Gasteiger partial charge in [-0.3, -0.25) is 4.79 Å². The lowest BCUT2D eigenvalue weighted by molar-refractivity contribution is 0.0981. The Hall–Kier alpha value is -3.13. The predicted octanol–water partition coefficient (Wildman–Crippen LogP) is 5.23. The summed E-state index contributed by atoms with van der Waals surface area (Å²) in [5.74, 6) is 2.48. The Morgan fingerprint density at radius 1 is 1.18 bits per heavy atom. The van der Waals surface area contributed by atoms with Crippen molar-refractivity contribution in [3.63, 3.8) is 0 Å². The van der Waals surface area contributed by atoms with E-state index in [1.165, 1.54) is 0 Å². The van der Waals surface area contributed by atoms with E-state index >= 15 is 0 Å². The first-order valence-corrected chi connectivity index (χ1v) is 12.4. The van der Waals surface area contributed by atoms with Crippen molar-refractivity contribution in [1.29, 1.82) is 0 Å². The van der Waals surface area contributed by atoms with E-state index in [9.17, 15) is 4.79 Å². The van der Waals surface area contributed by atoms with Crippen LogP contribution in [0, 0.1) is 6.92 Å².